The second-order valence-electron chi connectivity index (χ2n) is 4.81. The molecule has 2 N–H and O–H groups in total. The van der Waals surface area contributed by atoms with Gasteiger partial charge in [0.15, 0.2) is 0 Å². The van der Waals surface area contributed by atoms with Crippen molar-refractivity contribution in [3.63, 3.8) is 0 Å². The minimum absolute atomic E-state index is 0.0223. The molecule has 0 unspecified atom stereocenters. The van der Waals surface area contributed by atoms with Crippen molar-refractivity contribution < 1.29 is 4.79 Å². The first-order valence-corrected chi connectivity index (χ1v) is 6.29. The van der Waals surface area contributed by atoms with Gasteiger partial charge in [0.2, 0.25) is 0 Å². The van der Waals surface area contributed by atoms with Gasteiger partial charge in [0.05, 0.1) is 0 Å². The van der Waals surface area contributed by atoms with E-state index in [1.165, 1.54) is 0 Å². The topological polar surface area (TPSA) is 44.4 Å². The highest BCUT2D eigenvalue weighted by Crippen LogP contribution is 2.11. The number of hydrogen-bond donors (Lipinski definition) is 2. The van der Waals surface area contributed by atoms with Gasteiger partial charge in [-0.2, -0.15) is 0 Å². The van der Waals surface area contributed by atoms with Crippen LogP contribution < -0.4 is 15.5 Å². The van der Waals surface area contributed by atoms with Crippen LogP contribution in [0.4, 0.5) is 5.69 Å². The molecule has 0 heterocycles. The predicted octanol–water partition coefficient (Wildman–Crippen LogP) is 1.48. The van der Waals surface area contributed by atoms with Crippen LogP contribution in [0.15, 0.2) is 24.3 Å². The van der Waals surface area contributed by atoms with Crippen LogP contribution in [0.3, 0.4) is 0 Å². The fourth-order valence-corrected chi connectivity index (χ4v) is 1.55. The lowest BCUT2D eigenvalue weighted by Gasteiger charge is -2.13. The molecule has 0 atom stereocenters. The summed E-state index contributed by atoms with van der Waals surface area (Å²) < 4.78 is 0. The summed E-state index contributed by atoms with van der Waals surface area (Å²) in [6.45, 7) is 5.61. The largest absolute Gasteiger partial charge is 0.378 e. The summed E-state index contributed by atoms with van der Waals surface area (Å²) in [4.78, 5) is 13.8. The Balaban J connectivity index is 2.42. The summed E-state index contributed by atoms with van der Waals surface area (Å²) in [6.07, 6.45) is 0. The Morgan fingerprint density at radius 3 is 2.28 bits per heavy atom. The van der Waals surface area contributed by atoms with Crippen LogP contribution in [0, 0.1) is 0 Å². The summed E-state index contributed by atoms with van der Waals surface area (Å²) in [5.41, 5.74) is 1.79. The van der Waals surface area contributed by atoms with Crippen LogP contribution in [0.25, 0.3) is 0 Å². The van der Waals surface area contributed by atoms with E-state index in [0.29, 0.717) is 18.2 Å². The Morgan fingerprint density at radius 1 is 1.17 bits per heavy atom. The number of nitrogens with one attached hydrogen (secondary N) is 2. The van der Waals surface area contributed by atoms with E-state index in [1.807, 2.05) is 43.3 Å². The summed E-state index contributed by atoms with van der Waals surface area (Å²) in [5.74, 6) is -0.0223. The van der Waals surface area contributed by atoms with Crippen molar-refractivity contribution in [1.29, 1.82) is 0 Å². The van der Waals surface area contributed by atoms with E-state index in [0.717, 1.165) is 12.2 Å². The van der Waals surface area contributed by atoms with Gasteiger partial charge in [-0.15, -0.1) is 0 Å². The Labute approximate surface area is 109 Å². The van der Waals surface area contributed by atoms with E-state index < -0.39 is 0 Å². The molecule has 0 aliphatic heterocycles. The summed E-state index contributed by atoms with van der Waals surface area (Å²) in [5, 5.41) is 6.14. The standard InChI is InChI=1S/C14H23N3O/c1-11(2)15-9-10-16-14(18)12-5-7-13(8-6-12)17(3)4/h5-8,11,15H,9-10H2,1-4H3,(H,16,18). The Kier molecular flexibility index (Phi) is 5.65. The second kappa shape index (κ2) is 7.01. The maximum atomic E-state index is 11.8. The van der Waals surface area contributed by atoms with Crippen LogP contribution >= 0.6 is 0 Å². The molecule has 1 aromatic rings. The minimum Gasteiger partial charge on any atom is -0.378 e. The van der Waals surface area contributed by atoms with Crippen LogP contribution in [-0.2, 0) is 0 Å². The maximum absolute atomic E-state index is 11.8. The molecule has 100 valence electrons. The normalized spacial score (nSPS) is 10.5. The molecule has 0 saturated heterocycles. The lowest BCUT2D eigenvalue weighted by Crippen LogP contribution is -2.34. The number of amides is 1. The Morgan fingerprint density at radius 2 is 1.78 bits per heavy atom. The fraction of sp³-hybridized carbons (Fsp3) is 0.500. The number of nitrogens with zero attached hydrogens (tertiary/aromatic N) is 1. The zero-order valence-electron chi connectivity index (χ0n) is 11.7. The third-order valence-electron chi connectivity index (χ3n) is 2.61. The molecule has 4 heteroatoms. The molecule has 0 saturated carbocycles. The van der Waals surface area contributed by atoms with Crippen molar-refractivity contribution >= 4 is 11.6 Å². The van der Waals surface area contributed by atoms with Crippen molar-refractivity contribution in [2.24, 2.45) is 0 Å². The van der Waals surface area contributed by atoms with Gasteiger partial charge in [0, 0.05) is 44.5 Å². The molecule has 4 nitrogen and oxygen atoms in total. The molecular weight excluding hydrogens is 226 g/mol. The predicted molar refractivity (Wildman–Crippen MR) is 76.2 cm³/mol. The van der Waals surface area contributed by atoms with Gasteiger partial charge >= 0.3 is 0 Å². The van der Waals surface area contributed by atoms with E-state index in [2.05, 4.69) is 24.5 Å². The number of anilines is 1. The highest BCUT2D eigenvalue weighted by Gasteiger charge is 2.04. The third-order valence-corrected chi connectivity index (χ3v) is 2.61. The first kappa shape index (κ1) is 14.5. The molecule has 0 radical (unpaired) electrons. The lowest BCUT2D eigenvalue weighted by atomic mass is 10.2. The van der Waals surface area contributed by atoms with Crippen LogP contribution in [0.1, 0.15) is 24.2 Å². The van der Waals surface area contributed by atoms with E-state index in [-0.39, 0.29) is 5.91 Å². The number of hydrogen-bond acceptors (Lipinski definition) is 3. The first-order valence-electron chi connectivity index (χ1n) is 6.29. The first-order chi connectivity index (χ1) is 8.50. The van der Waals surface area contributed by atoms with Gasteiger partial charge in [-0.3, -0.25) is 4.79 Å². The molecule has 0 bridgehead atoms. The molecule has 0 fully saturated rings. The molecule has 1 amide bonds. The average molecular weight is 249 g/mol. The average Bonchev–Trinajstić information content (AvgIpc) is 2.34. The molecular formula is C14H23N3O. The fourth-order valence-electron chi connectivity index (χ4n) is 1.55. The minimum atomic E-state index is -0.0223. The van der Waals surface area contributed by atoms with Crippen LogP contribution in [-0.4, -0.2) is 39.1 Å². The van der Waals surface area contributed by atoms with E-state index >= 15 is 0 Å². The molecule has 0 aromatic heterocycles. The van der Waals surface area contributed by atoms with Crippen molar-refractivity contribution in [2.75, 3.05) is 32.1 Å². The highest BCUT2D eigenvalue weighted by molar-refractivity contribution is 5.94. The van der Waals surface area contributed by atoms with E-state index in [1.54, 1.807) is 0 Å². The lowest BCUT2D eigenvalue weighted by molar-refractivity contribution is 0.0953. The van der Waals surface area contributed by atoms with Crippen LogP contribution in [0.2, 0.25) is 0 Å². The molecule has 18 heavy (non-hydrogen) atoms. The van der Waals surface area contributed by atoms with Crippen molar-refractivity contribution in [3.8, 4) is 0 Å². The summed E-state index contributed by atoms with van der Waals surface area (Å²) in [6, 6.07) is 8.03. The van der Waals surface area contributed by atoms with Gasteiger partial charge in [-0.1, -0.05) is 13.8 Å². The summed E-state index contributed by atoms with van der Waals surface area (Å²) >= 11 is 0. The zero-order chi connectivity index (χ0) is 13.5. The van der Waals surface area contributed by atoms with Crippen molar-refractivity contribution in [2.45, 2.75) is 19.9 Å². The quantitative estimate of drug-likeness (QED) is 0.751. The molecule has 0 aliphatic rings. The van der Waals surface area contributed by atoms with Gasteiger partial charge in [0.25, 0.3) is 5.91 Å². The molecule has 1 rings (SSSR count). The third kappa shape index (κ3) is 4.75. The van der Waals surface area contributed by atoms with Gasteiger partial charge < -0.3 is 15.5 Å². The molecule has 0 aliphatic carbocycles. The second-order valence-corrected chi connectivity index (χ2v) is 4.81. The number of benzene rings is 1. The Bertz CT molecular complexity index is 371. The number of carbonyl (C=O) groups is 1. The highest BCUT2D eigenvalue weighted by atomic mass is 16.1. The smallest absolute Gasteiger partial charge is 0.251 e. The van der Waals surface area contributed by atoms with Crippen molar-refractivity contribution in [1.82, 2.24) is 10.6 Å². The molecule has 1 aromatic carbocycles. The van der Waals surface area contributed by atoms with Crippen LogP contribution in [0.5, 0.6) is 0 Å². The Hall–Kier alpha value is -1.55. The SMILES string of the molecule is CC(C)NCCNC(=O)c1ccc(N(C)C)cc1. The van der Waals surface area contributed by atoms with E-state index in [4.69, 9.17) is 0 Å². The van der Waals surface area contributed by atoms with Gasteiger partial charge in [-0.25, -0.2) is 0 Å². The maximum Gasteiger partial charge on any atom is 0.251 e. The molecule has 0 spiro atoms. The van der Waals surface area contributed by atoms with Crippen molar-refractivity contribution in [3.05, 3.63) is 29.8 Å². The number of carbonyl (C=O) groups excluding carboxylic acids is 1. The summed E-state index contributed by atoms with van der Waals surface area (Å²) in [7, 11) is 3.96. The monoisotopic (exact) mass is 249 g/mol. The zero-order valence-corrected chi connectivity index (χ0v) is 11.7. The van der Waals surface area contributed by atoms with E-state index in [9.17, 15) is 4.79 Å². The number of rotatable bonds is 6. The van der Waals surface area contributed by atoms with Gasteiger partial charge in [-0.05, 0) is 24.3 Å². The van der Waals surface area contributed by atoms with Gasteiger partial charge in [0.1, 0.15) is 0 Å².